The van der Waals surface area contributed by atoms with Crippen molar-refractivity contribution in [1.29, 1.82) is 0 Å². The van der Waals surface area contributed by atoms with E-state index in [1.165, 1.54) is 7.11 Å². The quantitative estimate of drug-likeness (QED) is 0.691. The summed E-state index contributed by atoms with van der Waals surface area (Å²) < 4.78 is 10.9. The minimum Gasteiger partial charge on any atom is -0.494 e. The molecular formula is C22H24N2O5. The second-order valence-electron chi connectivity index (χ2n) is 6.67. The Morgan fingerprint density at radius 3 is 2.52 bits per heavy atom. The second kappa shape index (κ2) is 9.23. The number of rotatable bonds is 8. The summed E-state index contributed by atoms with van der Waals surface area (Å²) in [6.45, 7) is 2.30. The largest absolute Gasteiger partial charge is 0.494 e. The number of hydrogen-bond acceptors (Lipinski definition) is 5. The molecular weight excluding hydrogens is 372 g/mol. The standard InChI is InChI=1S/C22H24N2O5/c1-3-19(25)15-6-9-17(10-7-15)29-14-21(26)23-16-8-11-18(20(13-16)28-2)24-12-4-5-22(24)27/h6-11,13H,3-5,12,14H2,1-2H3,(H,23,26). The highest BCUT2D eigenvalue weighted by Gasteiger charge is 2.24. The maximum atomic E-state index is 12.2. The van der Waals surface area contributed by atoms with Crippen molar-refractivity contribution in [3.8, 4) is 11.5 Å². The maximum Gasteiger partial charge on any atom is 0.262 e. The number of ketones is 1. The van der Waals surface area contributed by atoms with Gasteiger partial charge >= 0.3 is 0 Å². The van der Waals surface area contributed by atoms with Crippen molar-refractivity contribution in [1.82, 2.24) is 0 Å². The summed E-state index contributed by atoms with van der Waals surface area (Å²) in [7, 11) is 1.53. The van der Waals surface area contributed by atoms with E-state index in [1.54, 1.807) is 47.4 Å². The molecule has 0 aromatic heterocycles. The lowest BCUT2D eigenvalue weighted by molar-refractivity contribution is -0.118. The third kappa shape index (κ3) is 4.93. The molecule has 0 atom stereocenters. The number of nitrogens with one attached hydrogen (secondary N) is 1. The van der Waals surface area contributed by atoms with E-state index in [-0.39, 0.29) is 24.2 Å². The molecule has 0 unspecified atom stereocenters. The number of Topliss-reactive ketones (excluding diaryl/α,β-unsaturated/α-hetero) is 1. The van der Waals surface area contributed by atoms with Crippen LogP contribution in [0.25, 0.3) is 0 Å². The van der Waals surface area contributed by atoms with E-state index < -0.39 is 0 Å². The molecule has 2 amide bonds. The lowest BCUT2D eigenvalue weighted by atomic mass is 10.1. The highest BCUT2D eigenvalue weighted by Crippen LogP contribution is 2.33. The van der Waals surface area contributed by atoms with Crippen molar-refractivity contribution < 1.29 is 23.9 Å². The highest BCUT2D eigenvalue weighted by molar-refractivity contribution is 5.98. The van der Waals surface area contributed by atoms with E-state index in [1.807, 2.05) is 6.92 Å². The summed E-state index contributed by atoms with van der Waals surface area (Å²) in [5.74, 6) is 0.830. The first-order valence-corrected chi connectivity index (χ1v) is 9.56. The molecule has 29 heavy (non-hydrogen) atoms. The van der Waals surface area contributed by atoms with E-state index in [4.69, 9.17) is 9.47 Å². The van der Waals surface area contributed by atoms with Crippen LogP contribution in [0.3, 0.4) is 0 Å². The van der Waals surface area contributed by atoms with Crippen molar-refractivity contribution in [3.63, 3.8) is 0 Å². The fraction of sp³-hybridized carbons (Fsp3) is 0.318. The Morgan fingerprint density at radius 1 is 1.14 bits per heavy atom. The lowest BCUT2D eigenvalue weighted by Crippen LogP contribution is -2.24. The van der Waals surface area contributed by atoms with Gasteiger partial charge in [0.15, 0.2) is 12.4 Å². The molecule has 2 aromatic rings. The second-order valence-corrected chi connectivity index (χ2v) is 6.67. The summed E-state index contributed by atoms with van der Waals surface area (Å²) >= 11 is 0. The van der Waals surface area contributed by atoms with E-state index in [2.05, 4.69) is 5.32 Å². The number of anilines is 2. The van der Waals surface area contributed by atoms with Crippen LogP contribution >= 0.6 is 0 Å². The van der Waals surface area contributed by atoms with Crippen LogP contribution in [0.1, 0.15) is 36.5 Å². The number of nitrogens with zero attached hydrogens (tertiary/aromatic N) is 1. The Balaban J connectivity index is 1.59. The number of hydrogen-bond donors (Lipinski definition) is 1. The average Bonchev–Trinajstić information content (AvgIpc) is 3.17. The molecule has 0 aliphatic carbocycles. The number of amides is 2. The van der Waals surface area contributed by atoms with Gasteiger partial charge < -0.3 is 19.7 Å². The van der Waals surface area contributed by atoms with Gasteiger partial charge in [0, 0.05) is 36.7 Å². The molecule has 0 saturated carbocycles. The summed E-state index contributed by atoms with van der Waals surface area (Å²) in [5.41, 5.74) is 1.87. The van der Waals surface area contributed by atoms with Gasteiger partial charge in [-0.15, -0.1) is 0 Å². The third-order valence-electron chi connectivity index (χ3n) is 4.70. The van der Waals surface area contributed by atoms with Gasteiger partial charge in [0.05, 0.1) is 12.8 Å². The zero-order valence-electron chi connectivity index (χ0n) is 16.6. The van der Waals surface area contributed by atoms with Crippen LogP contribution in [0.15, 0.2) is 42.5 Å². The lowest BCUT2D eigenvalue weighted by Gasteiger charge is -2.19. The van der Waals surface area contributed by atoms with Crippen molar-refractivity contribution in [2.45, 2.75) is 26.2 Å². The minimum atomic E-state index is -0.328. The van der Waals surface area contributed by atoms with Gasteiger partial charge in [0.1, 0.15) is 11.5 Å². The summed E-state index contributed by atoms with van der Waals surface area (Å²) in [6, 6.07) is 11.9. The Morgan fingerprint density at radius 2 is 1.90 bits per heavy atom. The molecule has 7 heteroatoms. The normalized spacial score (nSPS) is 13.3. The van der Waals surface area contributed by atoms with Crippen LogP contribution in [-0.4, -0.2) is 37.9 Å². The Bertz CT molecular complexity index is 908. The average molecular weight is 396 g/mol. The zero-order valence-corrected chi connectivity index (χ0v) is 16.6. The van der Waals surface area contributed by atoms with E-state index in [9.17, 15) is 14.4 Å². The smallest absolute Gasteiger partial charge is 0.262 e. The topological polar surface area (TPSA) is 84.9 Å². The van der Waals surface area contributed by atoms with Gasteiger partial charge in [-0.1, -0.05) is 6.92 Å². The van der Waals surface area contributed by atoms with E-state index in [0.717, 1.165) is 6.42 Å². The number of ether oxygens (including phenoxy) is 2. The van der Waals surface area contributed by atoms with Crippen LogP contribution in [0.4, 0.5) is 11.4 Å². The molecule has 0 radical (unpaired) electrons. The summed E-state index contributed by atoms with van der Waals surface area (Å²) in [5, 5.41) is 2.75. The molecule has 2 aromatic carbocycles. The monoisotopic (exact) mass is 396 g/mol. The summed E-state index contributed by atoms with van der Waals surface area (Å²) in [6.07, 6.45) is 1.80. The van der Waals surface area contributed by atoms with Gasteiger partial charge in [-0.2, -0.15) is 0 Å². The molecule has 1 fully saturated rings. The fourth-order valence-electron chi connectivity index (χ4n) is 3.17. The van der Waals surface area contributed by atoms with Crippen LogP contribution in [0.2, 0.25) is 0 Å². The maximum absolute atomic E-state index is 12.2. The van der Waals surface area contributed by atoms with Crippen LogP contribution in [0.5, 0.6) is 11.5 Å². The van der Waals surface area contributed by atoms with Gasteiger partial charge in [-0.25, -0.2) is 0 Å². The van der Waals surface area contributed by atoms with Crippen LogP contribution < -0.4 is 19.7 Å². The molecule has 0 bridgehead atoms. The number of benzene rings is 2. The first kappa shape index (κ1) is 20.4. The Labute approximate surface area is 169 Å². The number of carbonyl (C=O) groups excluding carboxylic acids is 3. The van der Waals surface area contributed by atoms with Crippen molar-refractivity contribution >= 4 is 29.0 Å². The van der Waals surface area contributed by atoms with Crippen molar-refractivity contribution in [2.75, 3.05) is 30.5 Å². The number of carbonyl (C=O) groups is 3. The number of methoxy groups -OCH3 is 1. The molecule has 3 rings (SSSR count). The molecule has 1 aliphatic heterocycles. The first-order chi connectivity index (χ1) is 14.0. The van der Waals surface area contributed by atoms with Crippen LogP contribution in [-0.2, 0) is 9.59 Å². The molecule has 1 saturated heterocycles. The molecule has 1 heterocycles. The minimum absolute atomic E-state index is 0.0577. The Hall–Kier alpha value is -3.35. The van der Waals surface area contributed by atoms with Gasteiger partial charge in [0.25, 0.3) is 5.91 Å². The highest BCUT2D eigenvalue weighted by atomic mass is 16.5. The molecule has 1 N–H and O–H groups in total. The Kier molecular flexibility index (Phi) is 6.49. The van der Waals surface area contributed by atoms with E-state index in [0.29, 0.717) is 47.8 Å². The predicted octanol–water partition coefficient (Wildman–Crippen LogP) is 3.43. The third-order valence-corrected chi connectivity index (χ3v) is 4.70. The first-order valence-electron chi connectivity index (χ1n) is 9.56. The predicted molar refractivity (Wildman–Crippen MR) is 110 cm³/mol. The molecule has 7 nitrogen and oxygen atoms in total. The molecule has 0 spiro atoms. The molecule has 1 aliphatic rings. The van der Waals surface area contributed by atoms with E-state index >= 15 is 0 Å². The van der Waals surface area contributed by atoms with Crippen LogP contribution in [0, 0.1) is 0 Å². The molecule has 152 valence electrons. The van der Waals surface area contributed by atoms with Gasteiger partial charge in [-0.3, -0.25) is 14.4 Å². The van der Waals surface area contributed by atoms with Gasteiger partial charge in [-0.05, 0) is 42.8 Å². The zero-order chi connectivity index (χ0) is 20.8. The van der Waals surface area contributed by atoms with Crippen molar-refractivity contribution in [2.24, 2.45) is 0 Å². The fourth-order valence-corrected chi connectivity index (χ4v) is 3.17. The van der Waals surface area contributed by atoms with Gasteiger partial charge in [0.2, 0.25) is 5.91 Å². The SMILES string of the molecule is CCC(=O)c1ccc(OCC(=O)Nc2ccc(N3CCCC3=O)c(OC)c2)cc1. The van der Waals surface area contributed by atoms with Crippen molar-refractivity contribution in [3.05, 3.63) is 48.0 Å². The summed E-state index contributed by atoms with van der Waals surface area (Å²) in [4.78, 5) is 37.5.